The van der Waals surface area contributed by atoms with Crippen molar-refractivity contribution in [1.82, 2.24) is 14.7 Å². The molecule has 0 N–H and O–H groups in total. The van der Waals surface area contributed by atoms with Crippen LogP contribution >= 0.6 is 23.2 Å². The molecule has 1 heterocycles. The summed E-state index contributed by atoms with van der Waals surface area (Å²) in [6.45, 7) is 2.71. The molecule has 3 rings (SSSR count). The molecule has 0 saturated heterocycles. The normalized spacial score (nSPS) is 10.8. The van der Waals surface area contributed by atoms with E-state index in [1.165, 1.54) is 0 Å². The topological polar surface area (TPSA) is 38.1 Å². The Bertz CT molecular complexity index is 922. The molecule has 0 aliphatic carbocycles. The fraction of sp³-hybridized carbons (Fsp3) is 0.200. The average molecular weight is 388 g/mol. The van der Waals surface area contributed by atoms with Crippen LogP contribution in [0.2, 0.25) is 10.2 Å². The van der Waals surface area contributed by atoms with E-state index in [1.807, 2.05) is 54.6 Å². The third kappa shape index (κ3) is 3.92. The minimum atomic E-state index is -0.151. The van der Waals surface area contributed by atoms with E-state index in [0.717, 1.165) is 11.1 Å². The largest absolute Gasteiger partial charge is 0.337 e. The van der Waals surface area contributed by atoms with Gasteiger partial charge in [0.1, 0.15) is 5.15 Å². The van der Waals surface area contributed by atoms with Crippen molar-refractivity contribution in [1.29, 1.82) is 0 Å². The smallest absolute Gasteiger partial charge is 0.258 e. The summed E-state index contributed by atoms with van der Waals surface area (Å²) in [6.07, 6.45) is 0. The molecule has 1 aromatic heterocycles. The second-order valence-electron chi connectivity index (χ2n) is 6.15. The number of aryl methyl sites for hydroxylation is 1. The molecule has 134 valence electrons. The number of carbonyl (C=O) groups is 1. The van der Waals surface area contributed by atoms with Crippen LogP contribution in [0.3, 0.4) is 0 Å². The molecule has 0 bridgehead atoms. The summed E-state index contributed by atoms with van der Waals surface area (Å²) in [5.74, 6) is -0.151. The van der Waals surface area contributed by atoms with Crippen LogP contribution in [-0.2, 0) is 13.1 Å². The summed E-state index contributed by atoms with van der Waals surface area (Å²) in [5, 5.41) is 5.41. The zero-order valence-corrected chi connectivity index (χ0v) is 16.1. The van der Waals surface area contributed by atoms with Gasteiger partial charge in [0.15, 0.2) is 0 Å². The Hall–Kier alpha value is -2.30. The van der Waals surface area contributed by atoms with Crippen molar-refractivity contribution in [2.45, 2.75) is 20.0 Å². The van der Waals surface area contributed by atoms with E-state index in [9.17, 15) is 4.79 Å². The van der Waals surface area contributed by atoms with E-state index in [0.29, 0.717) is 34.5 Å². The lowest BCUT2D eigenvalue weighted by Crippen LogP contribution is -2.26. The van der Waals surface area contributed by atoms with Gasteiger partial charge in [-0.1, -0.05) is 71.7 Å². The van der Waals surface area contributed by atoms with Gasteiger partial charge in [-0.3, -0.25) is 4.79 Å². The molecule has 0 aliphatic rings. The summed E-state index contributed by atoms with van der Waals surface area (Å²) in [6, 6.07) is 17.3. The molecule has 1 amide bonds. The predicted molar refractivity (Wildman–Crippen MR) is 105 cm³/mol. The van der Waals surface area contributed by atoms with E-state index < -0.39 is 0 Å². The lowest BCUT2D eigenvalue weighted by Gasteiger charge is -2.17. The molecule has 6 heteroatoms. The summed E-state index contributed by atoms with van der Waals surface area (Å²) in [4.78, 5) is 14.5. The second kappa shape index (κ2) is 7.94. The quantitative estimate of drug-likeness (QED) is 0.629. The predicted octanol–water partition coefficient (Wildman–Crippen LogP) is 4.82. The van der Waals surface area contributed by atoms with E-state index in [4.69, 9.17) is 23.2 Å². The van der Waals surface area contributed by atoms with E-state index in [-0.39, 0.29) is 5.91 Å². The molecule has 26 heavy (non-hydrogen) atoms. The minimum absolute atomic E-state index is 0.151. The van der Waals surface area contributed by atoms with Crippen LogP contribution in [0.25, 0.3) is 0 Å². The molecule has 0 radical (unpaired) electrons. The molecule has 3 aromatic rings. The van der Waals surface area contributed by atoms with Crippen molar-refractivity contribution in [3.05, 3.63) is 87.2 Å². The maximum atomic E-state index is 12.9. The number of hydrogen-bond acceptors (Lipinski definition) is 2. The van der Waals surface area contributed by atoms with Gasteiger partial charge < -0.3 is 4.90 Å². The molecule has 0 saturated carbocycles. The highest BCUT2D eigenvalue weighted by atomic mass is 35.5. The lowest BCUT2D eigenvalue weighted by atomic mass is 10.2. The van der Waals surface area contributed by atoms with Crippen molar-refractivity contribution in [3.63, 3.8) is 0 Å². The first-order chi connectivity index (χ1) is 12.5. The summed E-state index contributed by atoms with van der Waals surface area (Å²) in [5.41, 5.74) is 2.99. The van der Waals surface area contributed by atoms with Crippen LogP contribution < -0.4 is 0 Å². The van der Waals surface area contributed by atoms with Crippen LogP contribution in [0.5, 0.6) is 0 Å². The Morgan fingerprint density at radius 2 is 1.73 bits per heavy atom. The minimum Gasteiger partial charge on any atom is -0.337 e. The van der Waals surface area contributed by atoms with Gasteiger partial charge in [-0.25, -0.2) is 4.68 Å². The number of aromatic nitrogens is 2. The highest BCUT2D eigenvalue weighted by Crippen LogP contribution is 2.24. The van der Waals surface area contributed by atoms with Crippen molar-refractivity contribution < 1.29 is 4.79 Å². The molecule has 0 aliphatic heterocycles. The van der Waals surface area contributed by atoms with Gasteiger partial charge in [-0.2, -0.15) is 5.10 Å². The molecule has 0 spiro atoms. The van der Waals surface area contributed by atoms with E-state index >= 15 is 0 Å². The van der Waals surface area contributed by atoms with Gasteiger partial charge >= 0.3 is 0 Å². The van der Waals surface area contributed by atoms with Gasteiger partial charge in [-0.05, 0) is 24.1 Å². The molecule has 0 unspecified atom stereocenters. The van der Waals surface area contributed by atoms with Gasteiger partial charge in [0, 0.05) is 18.6 Å². The van der Waals surface area contributed by atoms with Crippen LogP contribution in [0.1, 0.15) is 27.2 Å². The van der Waals surface area contributed by atoms with Gasteiger partial charge in [0.25, 0.3) is 5.91 Å². The van der Waals surface area contributed by atoms with Crippen molar-refractivity contribution in [2.75, 3.05) is 7.05 Å². The maximum absolute atomic E-state index is 12.9. The number of nitrogens with zero attached hydrogens (tertiary/aromatic N) is 3. The number of halogens is 2. The summed E-state index contributed by atoms with van der Waals surface area (Å²) >= 11 is 12.7. The molecular weight excluding hydrogens is 369 g/mol. The van der Waals surface area contributed by atoms with E-state index in [1.54, 1.807) is 23.6 Å². The Kier molecular flexibility index (Phi) is 5.64. The Labute approximate surface area is 163 Å². The molecular formula is C20H19Cl2N3O. The van der Waals surface area contributed by atoms with Gasteiger partial charge in [-0.15, -0.1) is 0 Å². The number of hydrogen-bond donors (Lipinski definition) is 0. The molecule has 0 atom stereocenters. The van der Waals surface area contributed by atoms with Gasteiger partial charge in [0.05, 0.1) is 17.8 Å². The third-order valence-corrected chi connectivity index (χ3v) is 4.92. The Morgan fingerprint density at radius 3 is 2.42 bits per heavy atom. The number of rotatable bonds is 5. The summed E-state index contributed by atoms with van der Waals surface area (Å²) < 4.78 is 1.61. The Morgan fingerprint density at radius 1 is 1.08 bits per heavy atom. The standard InChI is InChI=1S/C20H19Cl2N3O/c1-14-18(20(26)24(2)12-15-8-4-3-5-9-15)19(22)25(23-14)13-16-10-6-7-11-17(16)21/h3-11H,12-13H2,1-2H3. The Balaban J connectivity index is 1.83. The first kappa shape index (κ1) is 18.5. The average Bonchev–Trinajstić information content (AvgIpc) is 2.90. The van der Waals surface area contributed by atoms with Crippen molar-refractivity contribution in [3.8, 4) is 0 Å². The first-order valence-corrected chi connectivity index (χ1v) is 8.98. The number of carbonyl (C=O) groups excluding carboxylic acids is 1. The molecule has 0 fully saturated rings. The lowest BCUT2D eigenvalue weighted by molar-refractivity contribution is 0.0784. The number of benzene rings is 2. The fourth-order valence-electron chi connectivity index (χ4n) is 2.81. The van der Waals surface area contributed by atoms with Crippen molar-refractivity contribution in [2.24, 2.45) is 0 Å². The zero-order chi connectivity index (χ0) is 18.7. The maximum Gasteiger partial charge on any atom is 0.258 e. The monoisotopic (exact) mass is 387 g/mol. The highest BCUT2D eigenvalue weighted by Gasteiger charge is 2.23. The molecule has 2 aromatic carbocycles. The first-order valence-electron chi connectivity index (χ1n) is 8.23. The van der Waals surface area contributed by atoms with Crippen molar-refractivity contribution >= 4 is 29.1 Å². The second-order valence-corrected chi connectivity index (χ2v) is 6.91. The summed E-state index contributed by atoms with van der Waals surface area (Å²) in [7, 11) is 1.76. The van der Waals surface area contributed by atoms with Crippen LogP contribution in [0, 0.1) is 6.92 Å². The molecule has 4 nitrogen and oxygen atoms in total. The van der Waals surface area contributed by atoms with Crippen LogP contribution in [-0.4, -0.2) is 27.6 Å². The number of amides is 1. The highest BCUT2D eigenvalue weighted by molar-refractivity contribution is 6.33. The van der Waals surface area contributed by atoms with Crippen LogP contribution in [0.15, 0.2) is 54.6 Å². The van der Waals surface area contributed by atoms with Gasteiger partial charge in [0.2, 0.25) is 0 Å². The third-order valence-electron chi connectivity index (χ3n) is 4.17. The van der Waals surface area contributed by atoms with Crippen LogP contribution in [0.4, 0.5) is 0 Å². The SMILES string of the molecule is Cc1nn(Cc2ccccc2Cl)c(Cl)c1C(=O)N(C)Cc1ccccc1. The zero-order valence-electron chi connectivity index (χ0n) is 14.6. The fourth-order valence-corrected chi connectivity index (χ4v) is 3.32. The van der Waals surface area contributed by atoms with E-state index in [2.05, 4.69) is 5.10 Å².